The fourth-order valence-electron chi connectivity index (χ4n) is 4.52. The number of hydrogen-bond donors (Lipinski definition) is 0. The molecule has 2 aromatic carbocycles. The van der Waals surface area contributed by atoms with E-state index in [0.29, 0.717) is 54.0 Å². The number of carbonyl (C=O) groups is 3. The Labute approximate surface area is 221 Å². The van der Waals surface area contributed by atoms with Crippen LogP contribution in [-0.2, 0) is 14.3 Å². The van der Waals surface area contributed by atoms with Crippen molar-refractivity contribution in [3.63, 3.8) is 0 Å². The molecule has 1 fully saturated rings. The molecule has 0 radical (unpaired) electrons. The third-order valence-electron chi connectivity index (χ3n) is 6.42. The minimum Gasteiger partial charge on any atom is -0.493 e. The van der Waals surface area contributed by atoms with Crippen molar-refractivity contribution < 1.29 is 28.6 Å². The Morgan fingerprint density at radius 2 is 1.92 bits per heavy atom. The minimum absolute atomic E-state index is 0.148. The van der Waals surface area contributed by atoms with Crippen molar-refractivity contribution in [2.75, 3.05) is 45.4 Å². The molecular weight excluding hydrogens is 492 g/mol. The Morgan fingerprint density at radius 3 is 2.65 bits per heavy atom. The molecule has 0 aromatic heterocycles. The Bertz CT molecular complexity index is 1230. The molecule has 2 heterocycles. The number of likely N-dealkylation sites (tertiary alicyclic amines) is 1. The zero-order valence-electron chi connectivity index (χ0n) is 21.6. The number of benzene rings is 2. The maximum Gasteiger partial charge on any atom is 0.310 e. The van der Waals surface area contributed by atoms with Crippen molar-refractivity contribution in [3.05, 3.63) is 52.4 Å². The van der Waals surface area contributed by atoms with Crippen LogP contribution in [0.15, 0.2) is 46.2 Å². The summed E-state index contributed by atoms with van der Waals surface area (Å²) in [7, 11) is 3.29. The maximum atomic E-state index is 13.3. The second-order valence-electron chi connectivity index (χ2n) is 8.84. The summed E-state index contributed by atoms with van der Waals surface area (Å²) in [6.07, 6.45) is 3.29. The summed E-state index contributed by atoms with van der Waals surface area (Å²) in [6, 6.07) is 11.0. The standard InChI is InChI=1S/C28H32N2O6S/c1-5-35-22-11-9-18(14-23(22)34-4)15-25-27(32)29(3)21-16-19(10-12-24(21)37-25)26(31)30-13-7-8-20(17-30)28(33)36-6-2/h9-12,14-16,20H,5-8,13,17H2,1-4H3/b25-15+. The van der Waals surface area contributed by atoms with Crippen LogP contribution in [0.5, 0.6) is 11.5 Å². The van der Waals surface area contributed by atoms with E-state index in [1.54, 1.807) is 43.0 Å². The van der Waals surface area contributed by atoms with Crippen molar-refractivity contribution in [2.24, 2.45) is 5.92 Å². The number of nitrogens with zero attached hydrogens (tertiary/aromatic N) is 2. The van der Waals surface area contributed by atoms with Crippen LogP contribution in [0.4, 0.5) is 5.69 Å². The van der Waals surface area contributed by atoms with Gasteiger partial charge in [0.05, 0.1) is 36.8 Å². The van der Waals surface area contributed by atoms with Crippen LogP contribution in [0.1, 0.15) is 42.6 Å². The van der Waals surface area contributed by atoms with Crippen molar-refractivity contribution in [2.45, 2.75) is 31.6 Å². The van der Waals surface area contributed by atoms with Crippen molar-refractivity contribution in [1.82, 2.24) is 4.90 Å². The number of esters is 1. The highest BCUT2D eigenvalue weighted by Crippen LogP contribution is 2.42. The number of thioether (sulfide) groups is 1. The summed E-state index contributed by atoms with van der Waals surface area (Å²) in [4.78, 5) is 43.4. The monoisotopic (exact) mass is 524 g/mol. The van der Waals surface area contributed by atoms with Gasteiger partial charge in [0.1, 0.15) is 0 Å². The minimum atomic E-state index is -0.302. The average Bonchev–Trinajstić information content (AvgIpc) is 2.92. The van der Waals surface area contributed by atoms with E-state index < -0.39 is 0 Å². The zero-order valence-corrected chi connectivity index (χ0v) is 22.4. The molecule has 2 amide bonds. The van der Waals surface area contributed by atoms with Crippen LogP contribution >= 0.6 is 11.8 Å². The molecule has 1 saturated heterocycles. The highest BCUT2D eigenvalue weighted by Gasteiger charge is 2.32. The number of rotatable bonds is 7. The third kappa shape index (κ3) is 5.77. The largest absolute Gasteiger partial charge is 0.493 e. The van der Waals surface area contributed by atoms with Crippen LogP contribution in [0, 0.1) is 5.92 Å². The molecule has 1 atom stereocenters. The van der Waals surface area contributed by atoms with Gasteiger partial charge in [-0.05, 0) is 68.7 Å². The molecule has 37 heavy (non-hydrogen) atoms. The van der Waals surface area contributed by atoms with Gasteiger partial charge < -0.3 is 24.0 Å². The highest BCUT2D eigenvalue weighted by atomic mass is 32.2. The van der Waals surface area contributed by atoms with Crippen molar-refractivity contribution in [3.8, 4) is 11.5 Å². The first-order valence-corrected chi connectivity index (χ1v) is 13.3. The Morgan fingerprint density at radius 1 is 1.11 bits per heavy atom. The van der Waals surface area contributed by atoms with Gasteiger partial charge in [-0.25, -0.2) is 0 Å². The molecule has 0 saturated carbocycles. The molecule has 4 rings (SSSR count). The molecule has 0 N–H and O–H groups in total. The summed E-state index contributed by atoms with van der Waals surface area (Å²) in [5.41, 5.74) is 1.99. The molecule has 2 aromatic rings. The van der Waals surface area contributed by atoms with Crippen LogP contribution in [0.3, 0.4) is 0 Å². The molecule has 0 bridgehead atoms. The molecular formula is C28H32N2O6S. The number of hydrogen-bond acceptors (Lipinski definition) is 7. The van der Waals surface area contributed by atoms with Gasteiger partial charge in [0.2, 0.25) is 0 Å². The lowest BCUT2D eigenvalue weighted by Gasteiger charge is -2.32. The van der Waals surface area contributed by atoms with Crippen LogP contribution in [-0.4, -0.2) is 63.1 Å². The Hall–Kier alpha value is -3.46. The predicted octanol–water partition coefficient (Wildman–Crippen LogP) is 4.62. The van der Waals surface area contributed by atoms with Gasteiger partial charge in [-0.2, -0.15) is 0 Å². The van der Waals surface area contributed by atoms with Gasteiger partial charge in [-0.3, -0.25) is 14.4 Å². The molecule has 1 unspecified atom stereocenters. The van der Waals surface area contributed by atoms with Gasteiger partial charge in [0, 0.05) is 30.6 Å². The summed E-state index contributed by atoms with van der Waals surface area (Å²) in [5.74, 6) is 0.391. The first kappa shape index (κ1) is 26.6. The first-order valence-electron chi connectivity index (χ1n) is 12.4. The second kappa shape index (κ2) is 11.7. The normalized spacial score (nSPS) is 18.4. The van der Waals surface area contributed by atoms with E-state index in [9.17, 15) is 14.4 Å². The number of amides is 2. The van der Waals surface area contributed by atoms with Crippen molar-refractivity contribution >= 4 is 41.3 Å². The van der Waals surface area contributed by atoms with Crippen LogP contribution < -0.4 is 14.4 Å². The summed E-state index contributed by atoms with van der Waals surface area (Å²) >= 11 is 1.37. The summed E-state index contributed by atoms with van der Waals surface area (Å²) < 4.78 is 16.2. The first-order chi connectivity index (χ1) is 17.9. The van der Waals surface area contributed by atoms with E-state index in [1.165, 1.54) is 11.8 Å². The van der Waals surface area contributed by atoms with Crippen LogP contribution in [0.25, 0.3) is 6.08 Å². The van der Waals surface area contributed by atoms with E-state index >= 15 is 0 Å². The van der Waals surface area contributed by atoms with Gasteiger partial charge in [0.15, 0.2) is 11.5 Å². The number of carbonyl (C=O) groups excluding carboxylic acids is 3. The van der Waals surface area contributed by atoms with Gasteiger partial charge >= 0.3 is 5.97 Å². The molecule has 9 heteroatoms. The molecule has 196 valence electrons. The van der Waals surface area contributed by atoms with Gasteiger partial charge in [-0.15, -0.1) is 0 Å². The van der Waals surface area contributed by atoms with E-state index in [2.05, 4.69) is 0 Å². The van der Waals surface area contributed by atoms with E-state index in [1.807, 2.05) is 37.3 Å². The Balaban J connectivity index is 1.54. The lowest BCUT2D eigenvalue weighted by Crippen LogP contribution is -2.43. The topological polar surface area (TPSA) is 85.4 Å². The molecule has 2 aliphatic rings. The van der Waals surface area contributed by atoms with E-state index in [4.69, 9.17) is 14.2 Å². The predicted molar refractivity (Wildman–Crippen MR) is 143 cm³/mol. The lowest BCUT2D eigenvalue weighted by atomic mass is 9.97. The van der Waals surface area contributed by atoms with Gasteiger partial charge in [0.25, 0.3) is 11.8 Å². The number of methoxy groups -OCH3 is 1. The quantitative estimate of drug-likeness (QED) is 0.386. The zero-order chi connectivity index (χ0) is 26.5. The van der Waals surface area contributed by atoms with Crippen LogP contribution in [0.2, 0.25) is 0 Å². The maximum absolute atomic E-state index is 13.3. The average molecular weight is 525 g/mol. The second-order valence-corrected chi connectivity index (χ2v) is 9.93. The molecule has 8 nitrogen and oxygen atoms in total. The van der Waals surface area contributed by atoms with Gasteiger partial charge in [-0.1, -0.05) is 17.8 Å². The highest BCUT2D eigenvalue weighted by molar-refractivity contribution is 8.04. The Kier molecular flexibility index (Phi) is 8.43. The summed E-state index contributed by atoms with van der Waals surface area (Å²) in [5, 5.41) is 0. The fourth-order valence-corrected chi connectivity index (χ4v) is 5.62. The van der Waals surface area contributed by atoms with E-state index in [0.717, 1.165) is 23.3 Å². The number of ether oxygens (including phenoxy) is 3. The number of anilines is 1. The third-order valence-corrected chi connectivity index (χ3v) is 7.49. The summed E-state index contributed by atoms with van der Waals surface area (Å²) in [6.45, 7) is 5.48. The number of likely N-dealkylation sites (N-methyl/N-ethyl adjacent to an activating group) is 1. The number of piperidine rings is 1. The van der Waals surface area contributed by atoms with Crippen molar-refractivity contribution in [1.29, 1.82) is 0 Å². The smallest absolute Gasteiger partial charge is 0.310 e. The fraction of sp³-hybridized carbons (Fsp3) is 0.393. The molecule has 0 spiro atoms. The van der Waals surface area contributed by atoms with E-state index in [-0.39, 0.29) is 23.7 Å². The SMILES string of the molecule is CCOC(=O)C1CCCN(C(=O)c2ccc3c(c2)N(C)C(=O)/C(=C\c2ccc(OCC)c(OC)c2)S3)C1. The molecule has 0 aliphatic carbocycles. The molecule has 2 aliphatic heterocycles. The lowest BCUT2D eigenvalue weighted by molar-refractivity contribution is -0.149. The number of fused-ring (bicyclic) bond motifs is 1.